The van der Waals surface area contributed by atoms with E-state index in [0.717, 1.165) is 11.1 Å². The summed E-state index contributed by atoms with van der Waals surface area (Å²) in [7, 11) is 0. The van der Waals surface area contributed by atoms with Crippen molar-refractivity contribution in [3.05, 3.63) is 83.9 Å². The molecule has 1 aliphatic heterocycles. The summed E-state index contributed by atoms with van der Waals surface area (Å²) in [5, 5.41) is 9.30. The van der Waals surface area contributed by atoms with Crippen LogP contribution in [0.4, 0.5) is 0 Å². The van der Waals surface area contributed by atoms with Crippen molar-refractivity contribution in [1.29, 1.82) is 0 Å². The number of nitrogens with zero attached hydrogens (tertiary/aromatic N) is 1. The molecular weight excluding hydrogens is 326 g/mol. The highest BCUT2D eigenvalue weighted by molar-refractivity contribution is 6.06. The van der Waals surface area contributed by atoms with Crippen LogP contribution < -0.4 is 0 Å². The summed E-state index contributed by atoms with van der Waals surface area (Å²) in [5.41, 5.74) is 2.08. The molecule has 0 radical (unpaired) electrons. The predicted molar refractivity (Wildman–Crippen MR) is 98.3 cm³/mol. The largest absolute Gasteiger partial charge is 0.395 e. The van der Waals surface area contributed by atoms with Crippen LogP contribution in [0, 0.1) is 11.8 Å². The summed E-state index contributed by atoms with van der Waals surface area (Å²) >= 11 is 0. The van der Waals surface area contributed by atoms with Gasteiger partial charge in [0.05, 0.1) is 25.0 Å². The number of aliphatic hydroxyl groups excluding tert-OH is 1. The first-order valence-corrected chi connectivity index (χ1v) is 8.96. The zero-order valence-electron chi connectivity index (χ0n) is 14.4. The number of likely N-dealkylation sites (tertiary alicyclic amines) is 1. The molecule has 0 aromatic heterocycles. The SMILES string of the molecule is O=C1[C@@H]2[C@H](C(=O)N1CCO)[C@H](c1ccccc1)C=C[C@H]2c1ccccc1. The zero-order valence-corrected chi connectivity index (χ0v) is 14.4. The summed E-state index contributed by atoms with van der Waals surface area (Å²) < 4.78 is 0. The molecule has 4 atom stereocenters. The van der Waals surface area contributed by atoms with E-state index in [2.05, 4.69) is 12.2 Å². The molecular formula is C22H21NO3. The van der Waals surface area contributed by atoms with Gasteiger partial charge in [0.2, 0.25) is 11.8 Å². The van der Waals surface area contributed by atoms with Gasteiger partial charge in [-0.1, -0.05) is 72.8 Å². The van der Waals surface area contributed by atoms with Gasteiger partial charge in [0, 0.05) is 11.8 Å². The third-order valence-electron chi connectivity index (χ3n) is 5.48. The van der Waals surface area contributed by atoms with E-state index in [1.807, 2.05) is 60.7 Å². The number of hydrogen-bond acceptors (Lipinski definition) is 3. The summed E-state index contributed by atoms with van der Waals surface area (Å²) in [5.74, 6) is -1.44. The number of β-amino-alcohol motifs (C(OH)–C–C–N with tert-alkyl or cyclic N) is 1. The fraction of sp³-hybridized carbons (Fsp3) is 0.273. The lowest BCUT2D eigenvalue weighted by Gasteiger charge is -2.32. The van der Waals surface area contributed by atoms with Gasteiger partial charge in [-0.3, -0.25) is 14.5 Å². The standard InChI is InChI=1S/C22H21NO3/c24-14-13-23-21(25)19-17(15-7-3-1-4-8-15)11-12-18(20(19)22(23)26)16-9-5-2-6-10-16/h1-12,17-20,24H,13-14H2/t17-,18-,19-,20+/m0/s1. The van der Waals surface area contributed by atoms with E-state index >= 15 is 0 Å². The van der Waals surface area contributed by atoms with Crippen LogP contribution in [0.5, 0.6) is 0 Å². The van der Waals surface area contributed by atoms with Crippen molar-refractivity contribution >= 4 is 11.8 Å². The Kier molecular flexibility index (Phi) is 4.43. The first-order valence-electron chi connectivity index (χ1n) is 8.96. The van der Waals surface area contributed by atoms with E-state index in [-0.39, 0.29) is 36.8 Å². The molecule has 0 unspecified atom stereocenters. The summed E-state index contributed by atoms with van der Waals surface area (Å²) in [6.45, 7) is -0.149. The molecule has 0 spiro atoms. The van der Waals surface area contributed by atoms with Crippen LogP contribution in [-0.2, 0) is 9.59 Å². The second kappa shape index (κ2) is 6.89. The number of allylic oxidation sites excluding steroid dienone is 2. The smallest absolute Gasteiger partial charge is 0.234 e. The number of imide groups is 1. The van der Waals surface area contributed by atoms with Gasteiger partial charge < -0.3 is 5.11 Å². The van der Waals surface area contributed by atoms with Crippen LogP contribution in [0.2, 0.25) is 0 Å². The van der Waals surface area contributed by atoms with Gasteiger partial charge >= 0.3 is 0 Å². The molecule has 26 heavy (non-hydrogen) atoms. The molecule has 1 heterocycles. The fourth-order valence-corrected chi connectivity index (χ4v) is 4.32. The topological polar surface area (TPSA) is 57.6 Å². The average Bonchev–Trinajstić information content (AvgIpc) is 2.95. The molecule has 2 aromatic carbocycles. The second-order valence-corrected chi connectivity index (χ2v) is 6.86. The molecule has 2 amide bonds. The first kappa shape index (κ1) is 16.7. The number of fused-ring (bicyclic) bond motifs is 1. The van der Waals surface area contributed by atoms with Gasteiger partial charge in [-0.15, -0.1) is 0 Å². The quantitative estimate of drug-likeness (QED) is 0.683. The van der Waals surface area contributed by atoms with Crippen molar-refractivity contribution < 1.29 is 14.7 Å². The summed E-state index contributed by atoms with van der Waals surface area (Å²) in [6.07, 6.45) is 4.14. The van der Waals surface area contributed by atoms with Gasteiger partial charge in [0.25, 0.3) is 0 Å². The molecule has 1 saturated heterocycles. The number of amides is 2. The number of benzene rings is 2. The lowest BCUT2D eigenvalue weighted by Crippen LogP contribution is -2.34. The molecule has 1 fully saturated rings. The number of hydrogen-bond donors (Lipinski definition) is 1. The Labute approximate surface area is 152 Å². The number of aliphatic hydroxyl groups is 1. The summed E-state index contributed by atoms with van der Waals surface area (Å²) in [6, 6.07) is 19.7. The van der Waals surface area contributed by atoms with Crippen LogP contribution >= 0.6 is 0 Å². The van der Waals surface area contributed by atoms with Crippen molar-refractivity contribution in [3.8, 4) is 0 Å². The van der Waals surface area contributed by atoms with Crippen LogP contribution in [0.15, 0.2) is 72.8 Å². The minimum Gasteiger partial charge on any atom is -0.395 e. The maximum atomic E-state index is 13.1. The molecule has 4 rings (SSSR count). The second-order valence-electron chi connectivity index (χ2n) is 6.86. The first-order chi connectivity index (χ1) is 12.7. The predicted octanol–water partition coefficient (Wildman–Crippen LogP) is 2.72. The Morgan fingerprint density at radius 3 is 1.54 bits per heavy atom. The minimum atomic E-state index is -0.424. The Hall–Kier alpha value is -2.72. The van der Waals surface area contributed by atoms with Gasteiger partial charge in [0.15, 0.2) is 0 Å². The van der Waals surface area contributed by atoms with Crippen LogP contribution in [0.1, 0.15) is 23.0 Å². The highest BCUT2D eigenvalue weighted by atomic mass is 16.3. The normalized spacial score (nSPS) is 27.7. The Morgan fingerprint density at radius 1 is 0.731 bits per heavy atom. The molecule has 1 N–H and O–H groups in total. The number of carbonyl (C=O) groups excluding carboxylic acids is 2. The molecule has 2 aromatic rings. The van der Waals surface area contributed by atoms with Gasteiger partial charge in [-0.05, 0) is 11.1 Å². The molecule has 4 nitrogen and oxygen atoms in total. The van der Waals surface area contributed by atoms with Crippen LogP contribution in [0.25, 0.3) is 0 Å². The van der Waals surface area contributed by atoms with E-state index in [1.165, 1.54) is 4.90 Å². The third kappa shape index (κ3) is 2.67. The molecule has 1 aliphatic carbocycles. The van der Waals surface area contributed by atoms with Crippen LogP contribution in [-0.4, -0.2) is 35.0 Å². The molecule has 2 aliphatic rings. The molecule has 132 valence electrons. The average molecular weight is 347 g/mol. The van der Waals surface area contributed by atoms with Crippen molar-refractivity contribution in [1.82, 2.24) is 4.90 Å². The summed E-state index contributed by atoms with van der Waals surface area (Å²) in [4.78, 5) is 27.4. The van der Waals surface area contributed by atoms with E-state index in [0.29, 0.717) is 0 Å². The molecule has 4 heteroatoms. The highest BCUT2D eigenvalue weighted by Gasteiger charge is 2.54. The van der Waals surface area contributed by atoms with Gasteiger partial charge in [-0.2, -0.15) is 0 Å². The van der Waals surface area contributed by atoms with Crippen molar-refractivity contribution in [2.24, 2.45) is 11.8 Å². The van der Waals surface area contributed by atoms with Crippen molar-refractivity contribution in [2.45, 2.75) is 11.8 Å². The Balaban J connectivity index is 1.80. The number of rotatable bonds is 4. The maximum absolute atomic E-state index is 13.1. The highest BCUT2D eigenvalue weighted by Crippen LogP contribution is 2.49. The molecule has 0 saturated carbocycles. The lowest BCUT2D eigenvalue weighted by molar-refractivity contribution is -0.140. The fourth-order valence-electron chi connectivity index (χ4n) is 4.32. The van der Waals surface area contributed by atoms with E-state index in [1.54, 1.807) is 0 Å². The van der Waals surface area contributed by atoms with Crippen molar-refractivity contribution in [3.63, 3.8) is 0 Å². The number of carbonyl (C=O) groups is 2. The van der Waals surface area contributed by atoms with Crippen molar-refractivity contribution in [2.75, 3.05) is 13.2 Å². The monoisotopic (exact) mass is 347 g/mol. The third-order valence-corrected chi connectivity index (χ3v) is 5.48. The van der Waals surface area contributed by atoms with Gasteiger partial charge in [0.1, 0.15) is 0 Å². The minimum absolute atomic E-state index is 0.0632. The van der Waals surface area contributed by atoms with E-state index in [9.17, 15) is 14.7 Å². The zero-order chi connectivity index (χ0) is 18.1. The Bertz CT molecular complexity index is 763. The van der Waals surface area contributed by atoms with E-state index in [4.69, 9.17) is 0 Å². The van der Waals surface area contributed by atoms with Crippen LogP contribution in [0.3, 0.4) is 0 Å². The van der Waals surface area contributed by atoms with Gasteiger partial charge in [-0.25, -0.2) is 0 Å². The Morgan fingerprint density at radius 2 is 1.15 bits per heavy atom. The lowest BCUT2D eigenvalue weighted by atomic mass is 9.68. The maximum Gasteiger partial charge on any atom is 0.234 e. The molecule has 0 bridgehead atoms. The van der Waals surface area contributed by atoms with E-state index < -0.39 is 11.8 Å².